The summed E-state index contributed by atoms with van der Waals surface area (Å²) in [5.74, 6) is 2.64. The van der Waals surface area contributed by atoms with Crippen LogP contribution in [0.5, 0.6) is 0 Å². The SMILES string of the molecule is CC[C@@]1(C)c2sc(=O)[nH]c2S[C@H]2[C@H]3CC[C@@H](C3)[C@H]21. The molecule has 2 saturated carbocycles. The first-order valence-corrected chi connectivity index (χ1v) is 8.73. The van der Waals surface area contributed by atoms with Gasteiger partial charge >= 0.3 is 4.87 Å². The molecule has 0 spiro atoms. The summed E-state index contributed by atoms with van der Waals surface area (Å²) < 4.78 is 0. The average Bonchev–Trinajstić information content (AvgIpc) is 3.02. The normalized spacial score (nSPS) is 45.0. The first-order valence-electron chi connectivity index (χ1n) is 7.03. The van der Waals surface area contributed by atoms with Crippen molar-refractivity contribution in [2.45, 2.75) is 55.2 Å². The van der Waals surface area contributed by atoms with E-state index in [1.54, 1.807) is 0 Å². The van der Waals surface area contributed by atoms with Gasteiger partial charge in [-0.1, -0.05) is 25.2 Å². The Bertz CT molecular complexity index is 548. The van der Waals surface area contributed by atoms with Crippen molar-refractivity contribution in [2.75, 3.05) is 0 Å². The molecule has 2 bridgehead atoms. The molecule has 0 radical (unpaired) electrons. The Kier molecular flexibility index (Phi) is 2.36. The van der Waals surface area contributed by atoms with E-state index in [1.165, 1.54) is 46.9 Å². The van der Waals surface area contributed by atoms with Crippen molar-refractivity contribution in [1.29, 1.82) is 0 Å². The average molecular weight is 281 g/mol. The van der Waals surface area contributed by atoms with Gasteiger partial charge in [0.15, 0.2) is 0 Å². The van der Waals surface area contributed by atoms with Crippen molar-refractivity contribution in [3.63, 3.8) is 0 Å². The Labute approximate surface area is 116 Å². The highest BCUT2D eigenvalue weighted by atomic mass is 32.2. The van der Waals surface area contributed by atoms with E-state index in [-0.39, 0.29) is 10.3 Å². The lowest BCUT2D eigenvalue weighted by molar-refractivity contribution is 0.195. The molecule has 1 aromatic heterocycles. The molecule has 0 saturated heterocycles. The molecule has 2 fully saturated rings. The molecule has 1 aromatic rings. The van der Waals surface area contributed by atoms with Crippen LogP contribution in [0.15, 0.2) is 9.82 Å². The second-order valence-electron chi connectivity index (χ2n) is 6.39. The fourth-order valence-electron chi connectivity index (χ4n) is 4.75. The summed E-state index contributed by atoms with van der Waals surface area (Å²) in [7, 11) is 0. The van der Waals surface area contributed by atoms with Crippen molar-refractivity contribution in [3.05, 3.63) is 14.5 Å². The minimum Gasteiger partial charge on any atom is -0.307 e. The quantitative estimate of drug-likeness (QED) is 0.852. The molecule has 98 valence electrons. The zero-order valence-electron chi connectivity index (χ0n) is 10.9. The van der Waals surface area contributed by atoms with Crippen LogP contribution in [-0.2, 0) is 5.41 Å². The van der Waals surface area contributed by atoms with E-state index in [2.05, 4.69) is 18.8 Å². The summed E-state index contributed by atoms with van der Waals surface area (Å²) in [5, 5.41) is 1.97. The number of hydrogen-bond acceptors (Lipinski definition) is 3. The third kappa shape index (κ3) is 1.29. The third-order valence-corrected chi connectivity index (χ3v) is 8.48. The van der Waals surface area contributed by atoms with Crippen molar-refractivity contribution in [2.24, 2.45) is 17.8 Å². The molecule has 4 rings (SSSR count). The number of nitrogens with one attached hydrogen (secondary N) is 1. The molecule has 1 N–H and O–H groups in total. The third-order valence-electron chi connectivity index (χ3n) is 5.70. The van der Waals surface area contributed by atoms with Gasteiger partial charge in [0.1, 0.15) is 0 Å². The van der Waals surface area contributed by atoms with Gasteiger partial charge in [-0.3, -0.25) is 4.79 Å². The summed E-state index contributed by atoms with van der Waals surface area (Å²) in [4.78, 5) is 16.3. The van der Waals surface area contributed by atoms with E-state index in [9.17, 15) is 4.79 Å². The zero-order chi connectivity index (χ0) is 12.5. The highest BCUT2D eigenvalue weighted by Crippen LogP contribution is 2.64. The molecule has 5 atom stereocenters. The molecular weight excluding hydrogens is 262 g/mol. The molecule has 2 nitrogen and oxygen atoms in total. The Hall–Kier alpha value is -0.220. The number of rotatable bonds is 1. The number of aromatic amines is 1. The van der Waals surface area contributed by atoms with Crippen LogP contribution in [0.2, 0.25) is 0 Å². The van der Waals surface area contributed by atoms with E-state index < -0.39 is 0 Å². The van der Waals surface area contributed by atoms with Crippen molar-refractivity contribution in [1.82, 2.24) is 4.98 Å². The number of H-pyrrole nitrogens is 1. The topological polar surface area (TPSA) is 32.9 Å². The second-order valence-corrected chi connectivity index (χ2v) is 8.56. The maximum atomic E-state index is 11.7. The van der Waals surface area contributed by atoms with Crippen molar-refractivity contribution >= 4 is 23.1 Å². The van der Waals surface area contributed by atoms with Gasteiger partial charge in [-0.15, -0.1) is 11.8 Å². The van der Waals surface area contributed by atoms with Gasteiger partial charge < -0.3 is 4.98 Å². The number of aromatic nitrogens is 1. The molecule has 0 unspecified atom stereocenters. The maximum absolute atomic E-state index is 11.7. The molecule has 18 heavy (non-hydrogen) atoms. The van der Waals surface area contributed by atoms with E-state index in [0.717, 1.165) is 23.0 Å². The molecule has 2 aliphatic carbocycles. The van der Waals surface area contributed by atoms with Crippen LogP contribution in [-0.4, -0.2) is 10.2 Å². The highest BCUT2D eigenvalue weighted by Gasteiger charge is 2.58. The highest BCUT2D eigenvalue weighted by molar-refractivity contribution is 8.00. The van der Waals surface area contributed by atoms with E-state index in [1.807, 2.05) is 11.8 Å². The van der Waals surface area contributed by atoms with Gasteiger partial charge in [0.25, 0.3) is 0 Å². The number of thioether (sulfide) groups is 1. The predicted octanol–water partition coefficient (Wildman–Crippen LogP) is 3.62. The Balaban J connectivity index is 1.89. The van der Waals surface area contributed by atoms with Gasteiger partial charge in [-0.2, -0.15) is 0 Å². The lowest BCUT2D eigenvalue weighted by Gasteiger charge is -2.46. The van der Waals surface area contributed by atoms with Crippen LogP contribution >= 0.6 is 23.1 Å². The smallest absolute Gasteiger partial charge is 0.305 e. The summed E-state index contributed by atoms with van der Waals surface area (Å²) in [6.45, 7) is 4.71. The Morgan fingerprint density at radius 2 is 2.17 bits per heavy atom. The molecular formula is C14H19NOS2. The predicted molar refractivity (Wildman–Crippen MR) is 76.5 cm³/mol. The largest absolute Gasteiger partial charge is 0.307 e. The molecule has 2 heterocycles. The zero-order valence-corrected chi connectivity index (χ0v) is 12.5. The van der Waals surface area contributed by atoms with Gasteiger partial charge in [0.2, 0.25) is 0 Å². The molecule has 0 amide bonds. The summed E-state index contributed by atoms with van der Waals surface area (Å²) in [6.07, 6.45) is 5.45. The van der Waals surface area contributed by atoms with Gasteiger partial charge in [0, 0.05) is 15.5 Å². The van der Waals surface area contributed by atoms with Gasteiger partial charge in [0.05, 0.1) is 5.03 Å². The van der Waals surface area contributed by atoms with Crippen LogP contribution in [0.4, 0.5) is 0 Å². The molecule has 3 aliphatic rings. The lowest BCUT2D eigenvalue weighted by Crippen LogP contribution is -2.44. The molecule has 1 aliphatic heterocycles. The Morgan fingerprint density at radius 3 is 2.94 bits per heavy atom. The first kappa shape index (κ1) is 11.6. The summed E-state index contributed by atoms with van der Waals surface area (Å²) in [6, 6.07) is 0. The number of thiazole rings is 1. The fraction of sp³-hybridized carbons (Fsp3) is 0.786. The number of fused-ring (bicyclic) bond motifs is 6. The van der Waals surface area contributed by atoms with E-state index >= 15 is 0 Å². The second kappa shape index (κ2) is 3.66. The van der Waals surface area contributed by atoms with E-state index in [4.69, 9.17) is 0 Å². The Morgan fingerprint density at radius 1 is 1.39 bits per heavy atom. The van der Waals surface area contributed by atoms with Crippen LogP contribution < -0.4 is 4.87 Å². The minimum absolute atomic E-state index is 0.138. The maximum Gasteiger partial charge on any atom is 0.305 e. The van der Waals surface area contributed by atoms with E-state index in [0.29, 0.717) is 0 Å². The van der Waals surface area contributed by atoms with Crippen LogP contribution in [0.25, 0.3) is 0 Å². The lowest BCUT2D eigenvalue weighted by atomic mass is 9.66. The van der Waals surface area contributed by atoms with Gasteiger partial charge in [-0.05, 0) is 43.4 Å². The van der Waals surface area contributed by atoms with Crippen molar-refractivity contribution < 1.29 is 0 Å². The fourth-order valence-corrected chi connectivity index (χ4v) is 7.95. The summed E-state index contributed by atoms with van der Waals surface area (Å²) in [5.41, 5.74) is 0.245. The standard InChI is InChI=1S/C14H19NOS2/c1-3-14(2)9-7-4-5-8(6-7)10(9)17-12-11(14)18-13(16)15-12/h7-10H,3-6H2,1-2H3,(H,15,16)/t7-,8-,9+,10-,14+/m0/s1. The van der Waals surface area contributed by atoms with Crippen molar-refractivity contribution in [3.8, 4) is 0 Å². The molecule has 4 heteroatoms. The molecule has 0 aromatic carbocycles. The minimum atomic E-state index is 0.138. The van der Waals surface area contributed by atoms with Crippen LogP contribution in [0, 0.1) is 17.8 Å². The monoisotopic (exact) mass is 281 g/mol. The number of hydrogen-bond donors (Lipinski definition) is 1. The summed E-state index contributed by atoms with van der Waals surface area (Å²) >= 11 is 3.45. The van der Waals surface area contributed by atoms with Gasteiger partial charge in [-0.25, -0.2) is 0 Å². The van der Waals surface area contributed by atoms with Crippen LogP contribution in [0.1, 0.15) is 44.4 Å². The van der Waals surface area contributed by atoms with Crippen LogP contribution in [0.3, 0.4) is 0 Å². The first-order chi connectivity index (χ1) is 8.63.